The van der Waals surface area contributed by atoms with Crippen LogP contribution in [-0.4, -0.2) is 36.0 Å². The number of carbonyl (C=O) groups excluding carboxylic acids is 1. The van der Waals surface area contributed by atoms with Gasteiger partial charge in [-0.05, 0) is 59.3 Å². The van der Waals surface area contributed by atoms with Crippen molar-refractivity contribution in [1.82, 2.24) is 30.1 Å². The molecule has 5 heterocycles. The number of anilines is 1. The van der Waals surface area contributed by atoms with Crippen LogP contribution in [0.4, 0.5) is 5.69 Å². The van der Waals surface area contributed by atoms with Crippen molar-refractivity contribution < 1.29 is 4.79 Å². The summed E-state index contributed by atoms with van der Waals surface area (Å²) >= 11 is 1.67. The summed E-state index contributed by atoms with van der Waals surface area (Å²) in [6, 6.07) is 12.2. The first-order valence-corrected chi connectivity index (χ1v) is 14.3. The van der Waals surface area contributed by atoms with Crippen LogP contribution in [0, 0.1) is 5.92 Å². The first kappa shape index (κ1) is 23.7. The van der Waals surface area contributed by atoms with E-state index < -0.39 is 0 Å². The molecule has 1 aromatic carbocycles. The largest absolute Gasteiger partial charge is 0.337 e. The fourth-order valence-corrected chi connectivity index (χ4v) is 6.22. The second-order valence-corrected chi connectivity index (χ2v) is 11.0. The molecule has 6 aromatic rings. The average Bonchev–Trinajstić information content (AvgIpc) is 3.73. The molecule has 194 valence electrons. The maximum atomic E-state index is 12.7. The minimum atomic E-state index is 0.0492. The van der Waals surface area contributed by atoms with Gasteiger partial charge in [0, 0.05) is 29.1 Å². The molecule has 8 nitrogen and oxygen atoms in total. The van der Waals surface area contributed by atoms with E-state index in [0.717, 1.165) is 62.9 Å². The summed E-state index contributed by atoms with van der Waals surface area (Å²) in [7, 11) is 0. The number of nitrogens with zero attached hydrogens (tertiary/aromatic N) is 4. The molecule has 0 spiro atoms. The van der Waals surface area contributed by atoms with Crippen molar-refractivity contribution in [2.24, 2.45) is 5.92 Å². The van der Waals surface area contributed by atoms with Gasteiger partial charge in [-0.3, -0.25) is 19.9 Å². The molecular weight excluding hydrogens is 506 g/mol. The van der Waals surface area contributed by atoms with E-state index in [1.807, 2.05) is 24.3 Å². The van der Waals surface area contributed by atoms with Crippen molar-refractivity contribution in [3.8, 4) is 33.9 Å². The Bertz CT molecular complexity index is 1780. The van der Waals surface area contributed by atoms with Crippen LogP contribution >= 0.6 is 11.3 Å². The number of amides is 1. The number of rotatable bonds is 6. The van der Waals surface area contributed by atoms with Crippen molar-refractivity contribution in [2.45, 2.75) is 38.5 Å². The molecule has 7 rings (SSSR count). The zero-order chi connectivity index (χ0) is 26.2. The van der Waals surface area contributed by atoms with E-state index in [-0.39, 0.29) is 5.91 Å². The Labute approximate surface area is 228 Å². The Balaban J connectivity index is 1.19. The highest BCUT2D eigenvalue weighted by molar-refractivity contribution is 7.08. The number of para-hydroxylation sites is 1. The Morgan fingerprint density at radius 3 is 2.82 bits per heavy atom. The van der Waals surface area contributed by atoms with Crippen LogP contribution in [0.1, 0.15) is 38.5 Å². The molecule has 1 fully saturated rings. The highest BCUT2D eigenvalue weighted by Crippen LogP contribution is 2.33. The van der Waals surface area contributed by atoms with Crippen LogP contribution < -0.4 is 5.32 Å². The minimum Gasteiger partial charge on any atom is -0.337 e. The number of thiophene rings is 1. The van der Waals surface area contributed by atoms with E-state index in [1.165, 1.54) is 19.3 Å². The molecule has 1 aliphatic rings. The molecule has 1 aliphatic carbocycles. The molecule has 0 saturated heterocycles. The number of hydrogen-bond donors (Lipinski definition) is 3. The van der Waals surface area contributed by atoms with Gasteiger partial charge in [-0.1, -0.05) is 31.4 Å². The van der Waals surface area contributed by atoms with Gasteiger partial charge in [0.15, 0.2) is 5.82 Å². The minimum absolute atomic E-state index is 0.0492. The van der Waals surface area contributed by atoms with Crippen molar-refractivity contribution in [3.63, 3.8) is 0 Å². The monoisotopic (exact) mass is 533 g/mol. The zero-order valence-electron chi connectivity index (χ0n) is 21.3. The van der Waals surface area contributed by atoms with Gasteiger partial charge < -0.3 is 10.3 Å². The number of H-pyrrole nitrogens is 2. The molecule has 9 heteroatoms. The van der Waals surface area contributed by atoms with Gasteiger partial charge in [0.05, 0.1) is 40.3 Å². The summed E-state index contributed by atoms with van der Waals surface area (Å²) in [6.45, 7) is 0. The van der Waals surface area contributed by atoms with Gasteiger partial charge in [0.1, 0.15) is 5.69 Å². The van der Waals surface area contributed by atoms with Crippen LogP contribution in [0.2, 0.25) is 0 Å². The van der Waals surface area contributed by atoms with Gasteiger partial charge in [0.25, 0.3) is 0 Å². The topological polar surface area (TPSA) is 112 Å². The molecular formula is C30H27N7OS. The van der Waals surface area contributed by atoms with Crippen molar-refractivity contribution in [2.75, 3.05) is 5.32 Å². The Morgan fingerprint density at radius 1 is 1.03 bits per heavy atom. The number of hydrogen-bond acceptors (Lipinski definition) is 6. The number of pyridine rings is 2. The predicted molar refractivity (Wildman–Crippen MR) is 155 cm³/mol. The van der Waals surface area contributed by atoms with Crippen LogP contribution in [0.3, 0.4) is 0 Å². The summed E-state index contributed by atoms with van der Waals surface area (Å²) in [5, 5.41) is 15.8. The quantitative estimate of drug-likeness (QED) is 0.210. The lowest BCUT2D eigenvalue weighted by Crippen LogP contribution is -2.18. The molecule has 0 bridgehead atoms. The number of aromatic nitrogens is 6. The highest BCUT2D eigenvalue weighted by atomic mass is 32.1. The van der Waals surface area contributed by atoms with Crippen LogP contribution in [-0.2, 0) is 4.79 Å². The normalized spacial score (nSPS) is 14.3. The lowest BCUT2D eigenvalue weighted by molar-refractivity contribution is -0.117. The Hall–Kier alpha value is -4.37. The third-order valence-corrected chi connectivity index (χ3v) is 8.22. The van der Waals surface area contributed by atoms with Gasteiger partial charge in [0.2, 0.25) is 5.91 Å². The third kappa shape index (κ3) is 4.70. The lowest BCUT2D eigenvalue weighted by atomic mass is 9.87. The van der Waals surface area contributed by atoms with Gasteiger partial charge in [-0.2, -0.15) is 16.4 Å². The zero-order valence-corrected chi connectivity index (χ0v) is 22.1. The summed E-state index contributed by atoms with van der Waals surface area (Å²) in [5.74, 6) is 1.23. The fraction of sp³-hybridized carbons (Fsp3) is 0.233. The van der Waals surface area contributed by atoms with E-state index in [4.69, 9.17) is 4.98 Å². The fourth-order valence-electron chi connectivity index (χ4n) is 5.56. The highest BCUT2D eigenvalue weighted by Gasteiger charge is 2.18. The number of aromatic amines is 2. The van der Waals surface area contributed by atoms with Crippen molar-refractivity contribution in [1.29, 1.82) is 0 Å². The molecule has 0 atom stereocenters. The van der Waals surface area contributed by atoms with E-state index in [0.29, 0.717) is 23.9 Å². The molecule has 1 amide bonds. The Morgan fingerprint density at radius 2 is 1.95 bits per heavy atom. The summed E-state index contributed by atoms with van der Waals surface area (Å²) in [4.78, 5) is 30.1. The molecule has 39 heavy (non-hydrogen) atoms. The van der Waals surface area contributed by atoms with Crippen LogP contribution in [0.25, 0.3) is 55.8 Å². The SMILES string of the molecule is O=C(CC1CCCCC1)Nc1cncc(-c2cc3c(-c4nc5c(-c6ccsc6)cccc5[nH]4)n[nH]c3cn2)c1. The van der Waals surface area contributed by atoms with Gasteiger partial charge >= 0.3 is 0 Å². The van der Waals surface area contributed by atoms with Gasteiger partial charge in [-0.25, -0.2) is 4.98 Å². The Kier molecular flexibility index (Phi) is 6.13. The number of imidazole rings is 1. The molecule has 5 aromatic heterocycles. The number of carbonyl (C=O) groups is 1. The lowest BCUT2D eigenvalue weighted by Gasteiger charge is -2.20. The van der Waals surface area contributed by atoms with Crippen molar-refractivity contribution >= 4 is 44.9 Å². The number of fused-ring (bicyclic) bond motifs is 2. The first-order valence-electron chi connectivity index (χ1n) is 13.3. The van der Waals surface area contributed by atoms with E-state index in [2.05, 4.69) is 53.4 Å². The van der Waals surface area contributed by atoms with E-state index in [1.54, 1.807) is 29.9 Å². The van der Waals surface area contributed by atoms with E-state index in [9.17, 15) is 4.79 Å². The second-order valence-electron chi connectivity index (χ2n) is 10.2. The third-order valence-electron chi connectivity index (χ3n) is 7.53. The van der Waals surface area contributed by atoms with Crippen LogP contribution in [0.15, 0.2) is 65.7 Å². The van der Waals surface area contributed by atoms with Crippen molar-refractivity contribution in [3.05, 3.63) is 65.7 Å². The summed E-state index contributed by atoms with van der Waals surface area (Å²) < 4.78 is 0. The van der Waals surface area contributed by atoms with Gasteiger partial charge in [-0.15, -0.1) is 0 Å². The maximum absolute atomic E-state index is 12.7. The molecule has 0 radical (unpaired) electrons. The standard InChI is InChI=1S/C30H27N7OS/c38-27(11-18-5-2-1-3-6-18)33-21-12-20(14-31-15-21)25-13-23-26(16-32-25)36-37-29(23)30-34-24-8-4-7-22(28(24)35-30)19-9-10-39-17-19/h4,7-10,12-18H,1-3,5-6,11H2,(H,33,38)(H,34,35)(H,36,37). The number of nitrogens with one attached hydrogen (secondary N) is 3. The average molecular weight is 534 g/mol. The maximum Gasteiger partial charge on any atom is 0.224 e. The molecule has 0 aliphatic heterocycles. The first-order chi connectivity index (χ1) is 19.2. The molecule has 3 N–H and O–H groups in total. The number of benzene rings is 1. The molecule has 0 unspecified atom stereocenters. The van der Waals surface area contributed by atoms with E-state index >= 15 is 0 Å². The van der Waals surface area contributed by atoms with Crippen LogP contribution in [0.5, 0.6) is 0 Å². The smallest absolute Gasteiger partial charge is 0.224 e. The molecule has 1 saturated carbocycles. The summed E-state index contributed by atoms with van der Waals surface area (Å²) in [6.07, 6.45) is 11.8. The predicted octanol–water partition coefficient (Wildman–Crippen LogP) is 7.20. The summed E-state index contributed by atoms with van der Waals surface area (Å²) in [5.41, 5.74) is 7.91. The second kappa shape index (κ2) is 10.1.